The van der Waals surface area contributed by atoms with Crippen molar-refractivity contribution in [1.82, 2.24) is 15.1 Å². The maximum absolute atomic E-state index is 13.6. The van der Waals surface area contributed by atoms with Crippen molar-refractivity contribution >= 4 is 11.9 Å². The predicted octanol–water partition coefficient (Wildman–Crippen LogP) is 2.87. The molecule has 1 aliphatic carbocycles. The first kappa shape index (κ1) is 19.0. The maximum atomic E-state index is 13.6. The molecule has 6 nitrogen and oxygen atoms in total. The fourth-order valence-corrected chi connectivity index (χ4v) is 3.37. The average Bonchev–Trinajstić information content (AvgIpc) is 3.18. The highest BCUT2D eigenvalue weighted by molar-refractivity contribution is 5.96. The standard InChI is InChI=1S/C19H21F2N3O3/c1-10(2)8-15(19(26)27)22-18(25)17-12-4-3-5-16(12)24(23-17)11-6-7-13(20)14(21)9-11/h6-7,9-10,15H,3-5,8H2,1-2H3,(H,22,25)(H,26,27)/t15-/m0/s1. The third-order valence-electron chi connectivity index (χ3n) is 4.60. The van der Waals surface area contributed by atoms with Gasteiger partial charge in [-0.2, -0.15) is 5.10 Å². The van der Waals surface area contributed by atoms with Crippen molar-refractivity contribution in [1.29, 1.82) is 0 Å². The Hall–Kier alpha value is -2.77. The molecule has 3 rings (SSSR count). The van der Waals surface area contributed by atoms with Gasteiger partial charge in [0, 0.05) is 17.3 Å². The molecule has 0 spiro atoms. The van der Waals surface area contributed by atoms with Crippen molar-refractivity contribution in [3.63, 3.8) is 0 Å². The minimum atomic E-state index is -1.10. The van der Waals surface area contributed by atoms with Crippen LogP contribution in [0.1, 0.15) is 48.4 Å². The number of halogens is 2. The fourth-order valence-electron chi connectivity index (χ4n) is 3.37. The first-order valence-electron chi connectivity index (χ1n) is 8.87. The number of carboxylic acids is 1. The molecule has 2 aromatic rings. The van der Waals surface area contributed by atoms with Gasteiger partial charge in [-0.25, -0.2) is 18.3 Å². The summed E-state index contributed by atoms with van der Waals surface area (Å²) in [5.74, 6) is -3.53. The zero-order chi connectivity index (χ0) is 19.7. The van der Waals surface area contributed by atoms with Crippen molar-refractivity contribution in [2.45, 2.75) is 45.6 Å². The van der Waals surface area contributed by atoms with Crippen LogP contribution in [-0.4, -0.2) is 32.8 Å². The molecular formula is C19H21F2N3O3. The van der Waals surface area contributed by atoms with Gasteiger partial charge in [-0.05, 0) is 43.7 Å². The zero-order valence-corrected chi connectivity index (χ0v) is 15.1. The van der Waals surface area contributed by atoms with Crippen LogP contribution in [0.4, 0.5) is 8.78 Å². The Bertz CT molecular complexity index is 893. The minimum Gasteiger partial charge on any atom is -0.480 e. The number of carbonyl (C=O) groups excluding carboxylic acids is 1. The number of benzene rings is 1. The van der Waals surface area contributed by atoms with Gasteiger partial charge in [0.05, 0.1) is 5.69 Å². The van der Waals surface area contributed by atoms with Gasteiger partial charge >= 0.3 is 5.97 Å². The molecule has 0 radical (unpaired) electrons. The summed E-state index contributed by atoms with van der Waals surface area (Å²) in [6, 6.07) is 2.42. The lowest BCUT2D eigenvalue weighted by molar-refractivity contribution is -0.139. The SMILES string of the molecule is CC(C)C[C@H](NC(=O)c1nn(-c2ccc(F)c(F)c2)c2c1CCC2)C(=O)O. The van der Waals surface area contributed by atoms with Crippen molar-refractivity contribution in [2.24, 2.45) is 5.92 Å². The number of hydrogen-bond donors (Lipinski definition) is 2. The highest BCUT2D eigenvalue weighted by Crippen LogP contribution is 2.28. The third kappa shape index (κ3) is 3.84. The number of aliphatic carboxylic acids is 1. The van der Waals surface area contributed by atoms with Crippen LogP contribution in [-0.2, 0) is 17.6 Å². The lowest BCUT2D eigenvalue weighted by Gasteiger charge is -2.16. The lowest BCUT2D eigenvalue weighted by atomic mass is 10.0. The molecule has 8 heteroatoms. The number of rotatable bonds is 6. The number of nitrogens with zero attached hydrogens (tertiary/aromatic N) is 2. The van der Waals surface area contributed by atoms with E-state index in [9.17, 15) is 23.5 Å². The van der Waals surface area contributed by atoms with E-state index in [-0.39, 0.29) is 11.6 Å². The van der Waals surface area contributed by atoms with Crippen LogP contribution in [0.15, 0.2) is 18.2 Å². The average molecular weight is 377 g/mol. The van der Waals surface area contributed by atoms with E-state index in [1.807, 2.05) is 13.8 Å². The van der Waals surface area contributed by atoms with Gasteiger partial charge in [0.15, 0.2) is 17.3 Å². The van der Waals surface area contributed by atoms with Gasteiger partial charge < -0.3 is 10.4 Å². The van der Waals surface area contributed by atoms with Crippen LogP contribution in [0.3, 0.4) is 0 Å². The first-order valence-corrected chi connectivity index (χ1v) is 8.87. The molecule has 1 heterocycles. The number of aromatic nitrogens is 2. The number of hydrogen-bond acceptors (Lipinski definition) is 3. The van der Waals surface area contributed by atoms with Gasteiger partial charge in [0.25, 0.3) is 5.91 Å². The van der Waals surface area contributed by atoms with Crippen LogP contribution in [0.5, 0.6) is 0 Å². The van der Waals surface area contributed by atoms with Crippen molar-refractivity contribution in [2.75, 3.05) is 0 Å². The highest BCUT2D eigenvalue weighted by Gasteiger charge is 2.30. The summed E-state index contributed by atoms with van der Waals surface area (Å²) in [5, 5.41) is 16.2. The summed E-state index contributed by atoms with van der Waals surface area (Å²) in [7, 11) is 0. The monoisotopic (exact) mass is 377 g/mol. The Balaban J connectivity index is 1.94. The van der Waals surface area contributed by atoms with Crippen molar-refractivity contribution < 1.29 is 23.5 Å². The molecule has 27 heavy (non-hydrogen) atoms. The summed E-state index contributed by atoms with van der Waals surface area (Å²) in [5.41, 5.74) is 1.96. The predicted molar refractivity (Wildman–Crippen MR) is 93.9 cm³/mol. The van der Waals surface area contributed by atoms with E-state index in [0.29, 0.717) is 24.9 Å². The Labute approximate surface area is 155 Å². The fraction of sp³-hybridized carbons (Fsp3) is 0.421. The van der Waals surface area contributed by atoms with E-state index in [4.69, 9.17) is 0 Å². The van der Waals surface area contributed by atoms with Crippen molar-refractivity contribution in [3.8, 4) is 5.69 Å². The number of nitrogens with one attached hydrogen (secondary N) is 1. The second-order valence-electron chi connectivity index (χ2n) is 7.13. The van der Waals surface area contributed by atoms with E-state index in [1.165, 1.54) is 10.7 Å². The van der Waals surface area contributed by atoms with Gasteiger partial charge in [-0.15, -0.1) is 0 Å². The van der Waals surface area contributed by atoms with Crippen LogP contribution in [0, 0.1) is 17.6 Å². The topological polar surface area (TPSA) is 84.2 Å². The largest absolute Gasteiger partial charge is 0.480 e. The van der Waals surface area contributed by atoms with E-state index < -0.39 is 29.6 Å². The summed E-state index contributed by atoms with van der Waals surface area (Å²) in [6.07, 6.45) is 2.39. The molecule has 144 valence electrons. The molecule has 0 saturated carbocycles. The first-order chi connectivity index (χ1) is 12.8. The van der Waals surface area contributed by atoms with Gasteiger partial charge in [0.1, 0.15) is 6.04 Å². The Kier molecular flexibility index (Phi) is 5.25. The molecule has 1 atom stereocenters. The smallest absolute Gasteiger partial charge is 0.326 e. The molecule has 1 amide bonds. The summed E-state index contributed by atoms with van der Waals surface area (Å²) >= 11 is 0. The molecule has 0 aliphatic heterocycles. The molecular weight excluding hydrogens is 356 g/mol. The summed E-state index contributed by atoms with van der Waals surface area (Å²) in [6.45, 7) is 3.75. The van der Waals surface area contributed by atoms with E-state index in [0.717, 1.165) is 29.8 Å². The van der Waals surface area contributed by atoms with Crippen LogP contribution in [0.25, 0.3) is 5.69 Å². The molecule has 0 fully saturated rings. The van der Waals surface area contributed by atoms with Crippen LogP contribution in [0.2, 0.25) is 0 Å². The van der Waals surface area contributed by atoms with E-state index >= 15 is 0 Å². The van der Waals surface area contributed by atoms with Crippen LogP contribution < -0.4 is 5.32 Å². The highest BCUT2D eigenvalue weighted by atomic mass is 19.2. The molecule has 1 aromatic carbocycles. The van der Waals surface area contributed by atoms with Gasteiger partial charge in [-0.3, -0.25) is 4.79 Å². The molecule has 0 bridgehead atoms. The molecule has 0 unspecified atom stereocenters. The van der Waals surface area contributed by atoms with Gasteiger partial charge in [0.2, 0.25) is 0 Å². The zero-order valence-electron chi connectivity index (χ0n) is 15.1. The Morgan fingerprint density at radius 3 is 2.63 bits per heavy atom. The van der Waals surface area contributed by atoms with E-state index in [2.05, 4.69) is 10.4 Å². The van der Waals surface area contributed by atoms with Crippen LogP contribution >= 0.6 is 0 Å². The second-order valence-corrected chi connectivity index (χ2v) is 7.13. The summed E-state index contributed by atoms with van der Waals surface area (Å²) < 4.78 is 28.3. The number of carbonyl (C=O) groups is 2. The molecule has 0 saturated heterocycles. The molecule has 1 aromatic heterocycles. The Morgan fingerprint density at radius 2 is 2.00 bits per heavy atom. The third-order valence-corrected chi connectivity index (χ3v) is 4.60. The number of fused-ring (bicyclic) bond motifs is 1. The number of amides is 1. The Morgan fingerprint density at radius 1 is 1.26 bits per heavy atom. The maximum Gasteiger partial charge on any atom is 0.326 e. The molecule has 1 aliphatic rings. The minimum absolute atomic E-state index is 0.0943. The second kappa shape index (κ2) is 7.46. The summed E-state index contributed by atoms with van der Waals surface area (Å²) in [4.78, 5) is 24.1. The van der Waals surface area contributed by atoms with Crippen molar-refractivity contribution in [3.05, 3.63) is 46.8 Å². The van der Waals surface area contributed by atoms with E-state index in [1.54, 1.807) is 0 Å². The van der Waals surface area contributed by atoms with Gasteiger partial charge in [-0.1, -0.05) is 13.8 Å². The quantitative estimate of drug-likeness (QED) is 0.811. The normalized spacial score (nSPS) is 14.3. The molecule has 2 N–H and O–H groups in total. The number of carboxylic acid groups (broad SMARTS) is 1. The lowest BCUT2D eigenvalue weighted by Crippen LogP contribution is -2.42.